The predicted octanol–water partition coefficient (Wildman–Crippen LogP) is 5.48. The van der Waals surface area contributed by atoms with Crippen LogP contribution < -0.4 is 0 Å². The summed E-state index contributed by atoms with van der Waals surface area (Å²) in [5, 5.41) is 3.09. The van der Waals surface area contributed by atoms with Crippen molar-refractivity contribution < 1.29 is 4.79 Å². The molecular formula is C15H10Cl2OS. The van der Waals surface area contributed by atoms with Gasteiger partial charge in [0.1, 0.15) is 0 Å². The number of rotatable bonds is 4. The van der Waals surface area contributed by atoms with E-state index < -0.39 is 0 Å². The molecule has 19 heavy (non-hydrogen) atoms. The van der Waals surface area contributed by atoms with Crippen LogP contribution in [0.1, 0.15) is 10.4 Å². The summed E-state index contributed by atoms with van der Waals surface area (Å²) in [6.45, 7) is 0. The van der Waals surface area contributed by atoms with Crippen LogP contribution in [0.5, 0.6) is 0 Å². The normalized spacial score (nSPS) is 10.8. The molecule has 0 atom stereocenters. The smallest absolute Gasteiger partial charge is 0.186 e. The largest absolute Gasteiger partial charge is 0.289 e. The molecule has 0 aliphatic carbocycles. The first-order valence-corrected chi connectivity index (χ1v) is 7.17. The molecule has 2 aromatic carbocycles. The van der Waals surface area contributed by atoms with Crippen molar-refractivity contribution in [1.82, 2.24) is 0 Å². The third-order valence-electron chi connectivity index (χ3n) is 2.37. The summed E-state index contributed by atoms with van der Waals surface area (Å²) < 4.78 is 0. The molecule has 0 bridgehead atoms. The Morgan fingerprint density at radius 1 is 0.895 bits per heavy atom. The second-order valence-electron chi connectivity index (χ2n) is 3.75. The fourth-order valence-corrected chi connectivity index (χ4v) is 2.29. The van der Waals surface area contributed by atoms with E-state index in [1.54, 1.807) is 35.7 Å². The minimum Gasteiger partial charge on any atom is -0.289 e. The number of thioether (sulfide) groups is 1. The standard InChI is InChI=1S/C15H10Cl2OS/c16-12-3-1-11(2-4-12)15(18)9-10-19-14-7-5-13(17)6-8-14/h1-10H. The maximum atomic E-state index is 11.8. The molecule has 0 radical (unpaired) electrons. The highest BCUT2D eigenvalue weighted by molar-refractivity contribution is 8.02. The van der Waals surface area contributed by atoms with Crippen LogP contribution in [-0.4, -0.2) is 5.78 Å². The molecular weight excluding hydrogens is 299 g/mol. The number of ketones is 1. The Bertz CT molecular complexity index is 589. The predicted molar refractivity (Wildman–Crippen MR) is 82.2 cm³/mol. The highest BCUT2D eigenvalue weighted by Crippen LogP contribution is 2.21. The average Bonchev–Trinajstić information content (AvgIpc) is 2.41. The lowest BCUT2D eigenvalue weighted by molar-refractivity contribution is 0.104. The lowest BCUT2D eigenvalue weighted by atomic mass is 10.1. The zero-order valence-electron chi connectivity index (χ0n) is 9.85. The van der Waals surface area contributed by atoms with Gasteiger partial charge in [-0.25, -0.2) is 0 Å². The van der Waals surface area contributed by atoms with E-state index in [1.165, 1.54) is 11.8 Å². The average molecular weight is 309 g/mol. The molecule has 0 N–H and O–H groups in total. The van der Waals surface area contributed by atoms with Crippen LogP contribution in [0.25, 0.3) is 0 Å². The zero-order valence-corrected chi connectivity index (χ0v) is 12.2. The molecule has 0 saturated carbocycles. The summed E-state index contributed by atoms with van der Waals surface area (Å²) >= 11 is 13.0. The van der Waals surface area contributed by atoms with Gasteiger partial charge < -0.3 is 0 Å². The number of halogens is 2. The van der Waals surface area contributed by atoms with Crippen molar-refractivity contribution in [3.05, 3.63) is 75.6 Å². The lowest BCUT2D eigenvalue weighted by Gasteiger charge is -1.97. The van der Waals surface area contributed by atoms with E-state index in [0.717, 1.165) is 4.90 Å². The van der Waals surface area contributed by atoms with Gasteiger partial charge in [0.2, 0.25) is 0 Å². The van der Waals surface area contributed by atoms with Crippen molar-refractivity contribution in [2.45, 2.75) is 4.90 Å². The third kappa shape index (κ3) is 4.43. The van der Waals surface area contributed by atoms with Crippen LogP contribution in [0, 0.1) is 0 Å². The molecule has 4 heteroatoms. The van der Waals surface area contributed by atoms with E-state index in [2.05, 4.69) is 0 Å². The van der Waals surface area contributed by atoms with E-state index in [-0.39, 0.29) is 5.78 Å². The molecule has 96 valence electrons. The third-order valence-corrected chi connectivity index (χ3v) is 3.69. The monoisotopic (exact) mass is 308 g/mol. The lowest BCUT2D eigenvalue weighted by Crippen LogP contribution is -1.92. The molecule has 0 aliphatic heterocycles. The quantitative estimate of drug-likeness (QED) is 0.422. The van der Waals surface area contributed by atoms with Gasteiger partial charge in [0.05, 0.1) is 0 Å². The van der Waals surface area contributed by atoms with Gasteiger partial charge >= 0.3 is 0 Å². The molecule has 0 saturated heterocycles. The summed E-state index contributed by atoms with van der Waals surface area (Å²) in [7, 11) is 0. The molecule has 0 aliphatic rings. The molecule has 2 aromatic rings. The van der Waals surface area contributed by atoms with Gasteiger partial charge in [0.25, 0.3) is 0 Å². The first-order valence-electron chi connectivity index (χ1n) is 5.54. The molecule has 1 nitrogen and oxygen atoms in total. The molecule has 0 fully saturated rings. The fraction of sp³-hybridized carbons (Fsp3) is 0. The van der Waals surface area contributed by atoms with Crippen molar-refractivity contribution in [3.8, 4) is 0 Å². The Kier molecular flexibility index (Phi) is 5.08. The SMILES string of the molecule is O=C(C=CSc1ccc(Cl)cc1)c1ccc(Cl)cc1. The van der Waals surface area contributed by atoms with Gasteiger partial charge in [-0.3, -0.25) is 4.79 Å². The Morgan fingerprint density at radius 3 is 2.00 bits per heavy atom. The summed E-state index contributed by atoms with van der Waals surface area (Å²) in [5.74, 6) is -0.0434. The number of benzene rings is 2. The Labute approximate surface area is 126 Å². The van der Waals surface area contributed by atoms with Crippen molar-refractivity contribution in [2.24, 2.45) is 0 Å². The van der Waals surface area contributed by atoms with E-state index in [0.29, 0.717) is 15.6 Å². The minimum atomic E-state index is -0.0434. The van der Waals surface area contributed by atoms with E-state index in [4.69, 9.17) is 23.2 Å². The Balaban J connectivity index is 1.97. The van der Waals surface area contributed by atoms with Gasteiger partial charge in [0, 0.05) is 20.5 Å². The van der Waals surface area contributed by atoms with Crippen LogP contribution in [0.15, 0.2) is 64.9 Å². The molecule has 0 amide bonds. The van der Waals surface area contributed by atoms with Gasteiger partial charge in [-0.2, -0.15) is 0 Å². The Hall–Kier alpha value is -1.22. The van der Waals surface area contributed by atoms with Gasteiger partial charge in [0.15, 0.2) is 5.78 Å². The van der Waals surface area contributed by atoms with Crippen LogP contribution in [0.3, 0.4) is 0 Å². The first-order chi connectivity index (χ1) is 9.15. The van der Waals surface area contributed by atoms with Gasteiger partial charge in [-0.1, -0.05) is 35.0 Å². The van der Waals surface area contributed by atoms with E-state index in [9.17, 15) is 4.79 Å². The zero-order chi connectivity index (χ0) is 13.7. The highest BCUT2D eigenvalue weighted by Gasteiger charge is 2.00. The van der Waals surface area contributed by atoms with Crippen LogP contribution in [0.2, 0.25) is 10.0 Å². The molecule has 0 aromatic heterocycles. The summed E-state index contributed by atoms with van der Waals surface area (Å²) in [4.78, 5) is 12.9. The number of allylic oxidation sites excluding steroid dienone is 1. The van der Waals surface area contributed by atoms with Crippen molar-refractivity contribution in [1.29, 1.82) is 0 Å². The van der Waals surface area contributed by atoms with Gasteiger partial charge in [-0.05, 0) is 60.0 Å². The maximum Gasteiger partial charge on any atom is 0.186 e. The number of carbonyl (C=O) groups excluding carboxylic acids is 1. The topological polar surface area (TPSA) is 17.1 Å². The van der Waals surface area contributed by atoms with Crippen LogP contribution in [0.4, 0.5) is 0 Å². The fourth-order valence-electron chi connectivity index (χ4n) is 1.40. The summed E-state index contributed by atoms with van der Waals surface area (Å²) in [6, 6.07) is 14.3. The molecule has 0 spiro atoms. The summed E-state index contributed by atoms with van der Waals surface area (Å²) in [6.07, 6.45) is 1.54. The number of hydrogen-bond donors (Lipinski definition) is 0. The molecule has 0 unspecified atom stereocenters. The minimum absolute atomic E-state index is 0.0434. The molecule has 2 rings (SSSR count). The van der Waals surface area contributed by atoms with Gasteiger partial charge in [-0.15, -0.1) is 0 Å². The number of hydrogen-bond acceptors (Lipinski definition) is 2. The van der Waals surface area contributed by atoms with Crippen LogP contribution >= 0.6 is 35.0 Å². The first kappa shape index (κ1) is 14.2. The van der Waals surface area contributed by atoms with E-state index >= 15 is 0 Å². The highest BCUT2D eigenvalue weighted by atomic mass is 35.5. The van der Waals surface area contributed by atoms with E-state index in [1.807, 2.05) is 24.3 Å². The van der Waals surface area contributed by atoms with Crippen LogP contribution in [-0.2, 0) is 0 Å². The number of carbonyl (C=O) groups is 1. The summed E-state index contributed by atoms with van der Waals surface area (Å²) in [5.41, 5.74) is 0.623. The van der Waals surface area contributed by atoms with Crippen molar-refractivity contribution >= 4 is 40.7 Å². The second kappa shape index (κ2) is 6.80. The van der Waals surface area contributed by atoms with Crippen molar-refractivity contribution in [2.75, 3.05) is 0 Å². The Morgan fingerprint density at radius 2 is 1.42 bits per heavy atom. The maximum absolute atomic E-state index is 11.8. The van der Waals surface area contributed by atoms with Crippen molar-refractivity contribution in [3.63, 3.8) is 0 Å². The molecule has 0 heterocycles. The second-order valence-corrected chi connectivity index (χ2v) is 5.60.